The smallest absolute Gasteiger partial charge is 0.321 e. The van der Waals surface area contributed by atoms with Gasteiger partial charge in [0.25, 0.3) is 0 Å². The average molecular weight is 285 g/mol. The van der Waals surface area contributed by atoms with Crippen molar-refractivity contribution in [1.29, 1.82) is 0 Å². The van der Waals surface area contributed by atoms with E-state index in [4.69, 9.17) is 0 Å². The molecular weight excluding hydrogens is 266 g/mol. The topological polar surface area (TPSA) is 58.4 Å². The van der Waals surface area contributed by atoms with Crippen LogP contribution in [0, 0.1) is 5.92 Å². The summed E-state index contributed by atoms with van der Waals surface area (Å²) >= 11 is 0. The molecule has 1 aliphatic rings. The number of carbonyl (C=O) groups is 1. The van der Waals surface area contributed by atoms with Crippen LogP contribution in [0.1, 0.15) is 18.9 Å². The van der Waals surface area contributed by atoms with Gasteiger partial charge in [-0.1, -0.05) is 19.1 Å². The molecule has 21 heavy (non-hydrogen) atoms. The number of rotatable bonds is 4. The van der Waals surface area contributed by atoms with Gasteiger partial charge < -0.3 is 5.11 Å². The first-order valence-electron chi connectivity index (χ1n) is 7.21. The molecule has 2 heterocycles. The lowest BCUT2D eigenvalue weighted by Crippen LogP contribution is -2.38. The van der Waals surface area contributed by atoms with Gasteiger partial charge in [-0.05, 0) is 42.6 Å². The number of nitrogens with zero attached hydrogens (tertiary/aromatic N) is 3. The van der Waals surface area contributed by atoms with Gasteiger partial charge in [-0.15, -0.1) is 0 Å². The van der Waals surface area contributed by atoms with Gasteiger partial charge >= 0.3 is 5.97 Å². The van der Waals surface area contributed by atoms with Gasteiger partial charge in [0.1, 0.15) is 6.04 Å². The molecule has 110 valence electrons. The summed E-state index contributed by atoms with van der Waals surface area (Å²) in [7, 11) is 0. The van der Waals surface area contributed by atoms with Gasteiger partial charge in [-0.2, -0.15) is 5.10 Å². The minimum absolute atomic E-state index is 0.214. The maximum absolute atomic E-state index is 11.4. The number of carboxylic acids is 1. The Morgan fingerprint density at radius 3 is 2.76 bits per heavy atom. The number of aromatic nitrogens is 2. The number of hydrogen-bond acceptors (Lipinski definition) is 3. The molecule has 0 bridgehead atoms. The van der Waals surface area contributed by atoms with Gasteiger partial charge in [-0.25, -0.2) is 4.68 Å². The summed E-state index contributed by atoms with van der Waals surface area (Å²) in [6, 6.07) is 9.63. The zero-order chi connectivity index (χ0) is 14.8. The second-order valence-corrected chi connectivity index (χ2v) is 5.64. The molecule has 0 radical (unpaired) electrons. The van der Waals surface area contributed by atoms with Crippen LogP contribution in [0.4, 0.5) is 0 Å². The van der Waals surface area contributed by atoms with Gasteiger partial charge in [0.2, 0.25) is 0 Å². The van der Waals surface area contributed by atoms with E-state index >= 15 is 0 Å². The molecule has 0 saturated carbocycles. The summed E-state index contributed by atoms with van der Waals surface area (Å²) < 4.78 is 1.81. The van der Waals surface area contributed by atoms with Crippen molar-refractivity contribution in [3.8, 4) is 5.69 Å². The van der Waals surface area contributed by atoms with Gasteiger partial charge in [0.05, 0.1) is 5.69 Å². The molecule has 0 spiro atoms. The van der Waals surface area contributed by atoms with Crippen LogP contribution in [0.25, 0.3) is 5.69 Å². The maximum Gasteiger partial charge on any atom is 0.321 e. The van der Waals surface area contributed by atoms with Crippen molar-refractivity contribution in [2.75, 3.05) is 6.54 Å². The monoisotopic (exact) mass is 285 g/mol. The highest BCUT2D eigenvalue weighted by atomic mass is 16.4. The number of carboxylic acid groups (broad SMARTS) is 1. The van der Waals surface area contributed by atoms with Gasteiger partial charge in [0, 0.05) is 18.9 Å². The van der Waals surface area contributed by atoms with Crippen LogP contribution in [0.2, 0.25) is 0 Å². The zero-order valence-electron chi connectivity index (χ0n) is 12.0. The van der Waals surface area contributed by atoms with Crippen LogP contribution in [0.5, 0.6) is 0 Å². The van der Waals surface area contributed by atoms with Crippen molar-refractivity contribution in [3.05, 3.63) is 48.3 Å². The van der Waals surface area contributed by atoms with E-state index in [2.05, 4.69) is 10.00 Å². The molecule has 1 aliphatic heterocycles. The quantitative estimate of drug-likeness (QED) is 0.935. The third kappa shape index (κ3) is 2.83. The summed E-state index contributed by atoms with van der Waals surface area (Å²) in [5.74, 6) is -0.501. The Balaban J connectivity index is 1.72. The SMILES string of the molecule is CC1CCN(Cc2ccc(-n3cccn3)cc2)C1C(=O)O. The summed E-state index contributed by atoms with van der Waals surface area (Å²) in [5.41, 5.74) is 2.14. The van der Waals surface area contributed by atoms with Crippen molar-refractivity contribution >= 4 is 5.97 Å². The number of likely N-dealkylation sites (tertiary alicyclic amines) is 1. The van der Waals surface area contributed by atoms with E-state index in [0.29, 0.717) is 6.54 Å². The largest absolute Gasteiger partial charge is 0.480 e. The van der Waals surface area contributed by atoms with Crippen LogP contribution in [0.3, 0.4) is 0 Å². The third-order valence-electron chi connectivity index (χ3n) is 4.15. The molecule has 3 rings (SSSR count). The lowest BCUT2D eigenvalue weighted by molar-refractivity contribution is -0.143. The normalized spacial score (nSPS) is 22.5. The van der Waals surface area contributed by atoms with Crippen molar-refractivity contribution in [3.63, 3.8) is 0 Å². The Bertz CT molecular complexity index is 607. The van der Waals surface area contributed by atoms with E-state index in [1.54, 1.807) is 6.20 Å². The van der Waals surface area contributed by atoms with E-state index in [1.807, 2.05) is 48.1 Å². The predicted octanol–water partition coefficient (Wildman–Crippen LogP) is 2.17. The van der Waals surface area contributed by atoms with Gasteiger partial charge in [-0.3, -0.25) is 9.69 Å². The molecule has 1 aromatic carbocycles. The standard InChI is InChI=1S/C16H19N3O2/c1-12-7-10-18(15(12)16(20)21)11-13-3-5-14(6-4-13)19-9-2-8-17-19/h2-6,8-9,12,15H,7,10-11H2,1H3,(H,20,21). The van der Waals surface area contributed by atoms with E-state index in [9.17, 15) is 9.90 Å². The summed E-state index contributed by atoms with van der Waals surface area (Å²) in [6.45, 7) is 3.54. The van der Waals surface area contributed by atoms with Crippen molar-refractivity contribution in [2.24, 2.45) is 5.92 Å². The lowest BCUT2D eigenvalue weighted by Gasteiger charge is -2.23. The zero-order valence-corrected chi connectivity index (χ0v) is 12.0. The molecule has 5 nitrogen and oxygen atoms in total. The average Bonchev–Trinajstić information content (AvgIpc) is 3.10. The number of aliphatic carboxylic acids is 1. The lowest BCUT2D eigenvalue weighted by atomic mass is 10.0. The summed E-state index contributed by atoms with van der Waals surface area (Å²) in [4.78, 5) is 13.4. The van der Waals surface area contributed by atoms with Gasteiger partial charge in [0.15, 0.2) is 0 Å². The molecule has 5 heteroatoms. The first-order valence-corrected chi connectivity index (χ1v) is 7.21. The highest BCUT2D eigenvalue weighted by molar-refractivity contribution is 5.74. The fraction of sp³-hybridized carbons (Fsp3) is 0.375. The Morgan fingerprint density at radius 1 is 1.38 bits per heavy atom. The predicted molar refractivity (Wildman–Crippen MR) is 79.2 cm³/mol. The highest BCUT2D eigenvalue weighted by Crippen LogP contribution is 2.26. The first kappa shape index (κ1) is 13.8. The molecule has 1 fully saturated rings. The second-order valence-electron chi connectivity index (χ2n) is 5.64. The molecule has 2 aromatic rings. The minimum atomic E-state index is -0.715. The Kier molecular flexibility index (Phi) is 3.75. The molecule has 1 aromatic heterocycles. The Labute approximate surface area is 123 Å². The van der Waals surface area contributed by atoms with Crippen molar-refractivity contribution < 1.29 is 9.90 Å². The molecule has 1 N–H and O–H groups in total. The number of benzene rings is 1. The Hall–Kier alpha value is -2.14. The van der Waals surface area contributed by atoms with Crippen LogP contribution in [-0.2, 0) is 11.3 Å². The van der Waals surface area contributed by atoms with Crippen LogP contribution in [-0.4, -0.2) is 38.3 Å². The van der Waals surface area contributed by atoms with Crippen LogP contribution >= 0.6 is 0 Å². The van der Waals surface area contributed by atoms with E-state index in [0.717, 1.165) is 24.2 Å². The Morgan fingerprint density at radius 2 is 2.14 bits per heavy atom. The molecule has 0 aliphatic carbocycles. The molecule has 2 atom stereocenters. The number of hydrogen-bond donors (Lipinski definition) is 1. The van der Waals surface area contributed by atoms with E-state index < -0.39 is 5.97 Å². The van der Waals surface area contributed by atoms with E-state index in [1.165, 1.54) is 0 Å². The summed E-state index contributed by atoms with van der Waals surface area (Å²) in [6.07, 6.45) is 4.59. The maximum atomic E-state index is 11.4. The fourth-order valence-electron chi connectivity index (χ4n) is 3.01. The van der Waals surface area contributed by atoms with E-state index in [-0.39, 0.29) is 12.0 Å². The van der Waals surface area contributed by atoms with Crippen molar-refractivity contribution in [2.45, 2.75) is 25.9 Å². The second kappa shape index (κ2) is 5.69. The fourth-order valence-corrected chi connectivity index (χ4v) is 3.01. The third-order valence-corrected chi connectivity index (χ3v) is 4.15. The molecular formula is C16H19N3O2. The summed E-state index contributed by atoms with van der Waals surface area (Å²) in [5, 5.41) is 13.5. The first-order chi connectivity index (χ1) is 10.1. The minimum Gasteiger partial charge on any atom is -0.480 e. The van der Waals surface area contributed by atoms with Crippen LogP contribution < -0.4 is 0 Å². The molecule has 2 unspecified atom stereocenters. The molecule has 0 amide bonds. The highest BCUT2D eigenvalue weighted by Gasteiger charge is 2.36. The molecule has 1 saturated heterocycles. The van der Waals surface area contributed by atoms with Crippen molar-refractivity contribution in [1.82, 2.24) is 14.7 Å². The van der Waals surface area contributed by atoms with Crippen LogP contribution in [0.15, 0.2) is 42.7 Å².